The number of benzene rings is 1. The SMILES string of the molecule is CC[C@H](C)[C@@H]([C]=O)NC(=O)CNC(=O)CNC(=O)[C@H](Cc1ccccc1)NC(=O)[C@H](CS)NC(=O)[C@@H](N)CCCNC(=N)N. The van der Waals surface area contributed by atoms with E-state index < -0.39 is 66.8 Å². The molecule has 11 N–H and O–H groups in total. The Hall–Kier alpha value is -4.18. The van der Waals surface area contributed by atoms with Crippen LogP contribution in [-0.2, 0) is 35.2 Å². The van der Waals surface area contributed by atoms with E-state index in [1.165, 1.54) is 0 Å². The smallest absolute Gasteiger partial charge is 0.244 e. The molecule has 243 valence electrons. The number of carbonyl (C=O) groups excluding carboxylic acids is 6. The molecule has 1 aromatic rings. The predicted molar refractivity (Wildman–Crippen MR) is 168 cm³/mol. The Labute approximate surface area is 262 Å². The minimum Gasteiger partial charge on any atom is -0.370 e. The van der Waals surface area contributed by atoms with Crippen molar-refractivity contribution in [3.8, 4) is 0 Å². The summed E-state index contributed by atoms with van der Waals surface area (Å²) in [7, 11) is 0. The number of rotatable bonds is 20. The molecule has 0 fully saturated rings. The molecule has 16 heteroatoms. The van der Waals surface area contributed by atoms with Crippen molar-refractivity contribution in [3.05, 3.63) is 35.9 Å². The van der Waals surface area contributed by atoms with Crippen LogP contribution in [0.4, 0.5) is 0 Å². The van der Waals surface area contributed by atoms with Gasteiger partial charge in [-0.1, -0.05) is 50.6 Å². The van der Waals surface area contributed by atoms with Crippen LogP contribution in [0.15, 0.2) is 30.3 Å². The van der Waals surface area contributed by atoms with Crippen molar-refractivity contribution >= 4 is 54.4 Å². The summed E-state index contributed by atoms with van der Waals surface area (Å²) in [5, 5.41) is 22.2. The molecule has 44 heavy (non-hydrogen) atoms. The van der Waals surface area contributed by atoms with Crippen molar-refractivity contribution in [1.29, 1.82) is 5.41 Å². The molecule has 0 aliphatic rings. The Balaban J connectivity index is 2.76. The van der Waals surface area contributed by atoms with Gasteiger partial charge in [0.05, 0.1) is 25.2 Å². The van der Waals surface area contributed by atoms with E-state index in [4.69, 9.17) is 16.9 Å². The lowest BCUT2D eigenvalue weighted by atomic mass is 10.0. The van der Waals surface area contributed by atoms with Gasteiger partial charge in [-0.25, -0.2) is 0 Å². The van der Waals surface area contributed by atoms with E-state index in [1.807, 2.05) is 6.92 Å². The summed E-state index contributed by atoms with van der Waals surface area (Å²) in [4.78, 5) is 74.2. The Morgan fingerprint density at radius 1 is 0.909 bits per heavy atom. The number of nitrogens with two attached hydrogens (primary N) is 2. The van der Waals surface area contributed by atoms with Crippen molar-refractivity contribution in [2.45, 2.75) is 63.7 Å². The highest BCUT2D eigenvalue weighted by Gasteiger charge is 2.28. The molecule has 0 unspecified atom stereocenters. The van der Waals surface area contributed by atoms with Crippen molar-refractivity contribution in [2.75, 3.05) is 25.4 Å². The zero-order valence-electron chi connectivity index (χ0n) is 25.0. The van der Waals surface area contributed by atoms with E-state index in [-0.39, 0.29) is 30.5 Å². The summed E-state index contributed by atoms with van der Waals surface area (Å²) in [6, 6.07) is 4.89. The first-order chi connectivity index (χ1) is 20.9. The maximum Gasteiger partial charge on any atom is 0.244 e. The molecule has 15 nitrogen and oxygen atoms in total. The lowest BCUT2D eigenvalue weighted by Gasteiger charge is -2.23. The Bertz CT molecular complexity index is 1120. The fraction of sp³-hybridized carbons (Fsp3) is 0.536. The molecule has 0 saturated carbocycles. The number of carbonyl (C=O) groups is 5. The van der Waals surface area contributed by atoms with Crippen LogP contribution >= 0.6 is 12.6 Å². The van der Waals surface area contributed by atoms with Gasteiger partial charge in [0.1, 0.15) is 12.1 Å². The summed E-state index contributed by atoms with van der Waals surface area (Å²) < 4.78 is 0. The third kappa shape index (κ3) is 14.8. The number of hydrogen-bond donors (Lipinski definition) is 10. The van der Waals surface area contributed by atoms with Gasteiger partial charge in [0.25, 0.3) is 0 Å². The Morgan fingerprint density at radius 2 is 1.55 bits per heavy atom. The van der Waals surface area contributed by atoms with E-state index in [0.717, 1.165) is 5.56 Å². The zero-order valence-corrected chi connectivity index (χ0v) is 25.9. The monoisotopic (exact) mass is 634 g/mol. The molecule has 0 spiro atoms. The van der Waals surface area contributed by atoms with E-state index in [0.29, 0.717) is 19.4 Å². The van der Waals surface area contributed by atoms with Crippen molar-refractivity contribution in [2.24, 2.45) is 17.4 Å². The second-order valence-corrected chi connectivity index (χ2v) is 10.5. The van der Waals surface area contributed by atoms with E-state index >= 15 is 0 Å². The van der Waals surface area contributed by atoms with Gasteiger partial charge in [-0.05, 0) is 24.3 Å². The van der Waals surface area contributed by atoms with Gasteiger partial charge in [0.2, 0.25) is 35.8 Å². The second kappa shape index (κ2) is 20.7. The molecule has 0 aliphatic carbocycles. The fourth-order valence-corrected chi connectivity index (χ4v) is 4.02. The molecule has 0 saturated heterocycles. The van der Waals surface area contributed by atoms with Gasteiger partial charge in [-0.2, -0.15) is 12.6 Å². The maximum atomic E-state index is 13.1. The first-order valence-corrected chi connectivity index (χ1v) is 14.8. The van der Waals surface area contributed by atoms with E-state index in [9.17, 15) is 28.8 Å². The normalized spacial score (nSPS) is 14.0. The average Bonchev–Trinajstić information content (AvgIpc) is 3.01. The highest BCUT2D eigenvalue weighted by molar-refractivity contribution is 7.80. The zero-order chi connectivity index (χ0) is 33.1. The second-order valence-electron chi connectivity index (χ2n) is 10.1. The molecule has 0 aromatic heterocycles. The lowest BCUT2D eigenvalue weighted by Crippen LogP contribution is -2.57. The molecular formula is C28H44N9O6S. The third-order valence-corrected chi connectivity index (χ3v) is 6.97. The van der Waals surface area contributed by atoms with Gasteiger partial charge >= 0.3 is 0 Å². The minimum atomic E-state index is -1.12. The first kappa shape index (κ1) is 37.8. The van der Waals surface area contributed by atoms with Crippen LogP contribution in [0.25, 0.3) is 0 Å². The summed E-state index contributed by atoms with van der Waals surface area (Å²) in [5.41, 5.74) is 11.9. The van der Waals surface area contributed by atoms with Crippen LogP contribution in [0, 0.1) is 11.3 Å². The number of amides is 5. The molecule has 1 aromatic carbocycles. The molecule has 1 rings (SSSR count). The van der Waals surface area contributed by atoms with Gasteiger partial charge in [0.15, 0.2) is 5.96 Å². The highest BCUT2D eigenvalue weighted by atomic mass is 32.1. The maximum absolute atomic E-state index is 13.1. The lowest BCUT2D eigenvalue weighted by molar-refractivity contribution is -0.132. The Kier molecular flexibility index (Phi) is 17.8. The molecule has 5 amide bonds. The van der Waals surface area contributed by atoms with Crippen LogP contribution in [0.3, 0.4) is 0 Å². The standard InChI is InChI=1S/C28H44N9O6S/c1-3-17(2)21(15-38)35-24(40)14-33-23(39)13-34-26(42)20(12-18-8-5-4-6-9-18)36-27(43)22(16-44)37-25(41)19(29)10-7-11-32-28(30)31/h4-6,8-9,17,19-22,44H,3,7,10-14,16,29H2,1-2H3,(H,33,39)(H,34,42)(H,35,40)(H,36,43)(H,37,41)(H4,30,31,32)/t17-,19-,20-,21+,22-/m0/s1. The van der Waals surface area contributed by atoms with Crippen LogP contribution in [0.2, 0.25) is 0 Å². The quantitative estimate of drug-likeness (QED) is 0.0317. The fourth-order valence-electron chi connectivity index (χ4n) is 3.76. The van der Waals surface area contributed by atoms with Crippen LogP contribution in [0.5, 0.6) is 0 Å². The molecule has 5 atom stereocenters. The third-order valence-electron chi connectivity index (χ3n) is 6.60. The summed E-state index contributed by atoms with van der Waals surface area (Å²) in [5.74, 6) is -3.60. The van der Waals surface area contributed by atoms with Crippen molar-refractivity contribution in [3.63, 3.8) is 0 Å². The van der Waals surface area contributed by atoms with Gasteiger partial charge in [-0.15, -0.1) is 0 Å². The van der Waals surface area contributed by atoms with E-state index in [1.54, 1.807) is 43.5 Å². The molecular weight excluding hydrogens is 590 g/mol. The average molecular weight is 635 g/mol. The predicted octanol–water partition coefficient (Wildman–Crippen LogP) is -2.41. The van der Waals surface area contributed by atoms with Crippen LogP contribution in [-0.4, -0.2) is 91.3 Å². The first-order valence-electron chi connectivity index (χ1n) is 14.2. The largest absolute Gasteiger partial charge is 0.370 e. The molecule has 0 heterocycles. The minimum absolute atomic E-state index is 0.0809. The van der Waals surface area contributed by atoms with Gasteiger partial charge < -0.3 is 43.4 Å². The number of nitrogens with one attached hydrogen (secondary N) is 7. The highest BCUT2D eigenvalue weighted by Crippen LogP contribution is 2.06. The molecule has 0 bridgehead atoms. The number of guanidine groups is 1. The van der Waals surface area contributed by atoms with E-state index in [2.05, 4.69) is 44.5 Å². The van der Waals surface area contributed by atoms with Gasteiger partial charge in [-0.3, -0.25) is 34.2 Å². The van der Waals surface area contributed by atoms with Crippen molar-refractivity contribution < 1.29 is 28.8 Å². The number of hydrogen-bond acceptors (Lipinski definition) is 9. The van der Waals surface area contributed by atoms with Crippen LogP contribution < -0.4 is 43.4 Å². The molecule has 0 aliphatic heterocycles. The topological polar surface area (TPSA) is 250 Å². The molecule has 1 radical (unpaired) electrons. The van der Waals surface area contributed by atoms with Crippen LogP contribution in [0.1, 0.15) is 38.7 Å². The number of thiol groups is 1. The van der Waals surface area contributed by atoms with Crippen molar-refractivity contribution in [1.82, 2.24) is 31.9 Å². The Morgan fingerprint density at radius 3 is 2.14 bits per heavy atom. The van der Waals surface area contributed by atoms with Gasteiger partial charge in [0, 0.05) is 18.7 Å². The summed E-state index contributed by atoms with van der Waals surface area (Å²) in [6.45, 7) is 3.11. The summed E-state index contributed by atoms with van der Waals surface area (Å²) in [6.07, 6.45) is 3.22. The summed E-state index contributed by atoms with van der Waals surface area (Å²) >= 11 is 4.16.